The number of methoxy groups -OCH3 is 1. The predicted molar refractivity (Wildman–Crippen MR) is 449 cm³/mol. The molecule has 0 aliphatic rings. The third kappa shape index (κ3) is 32.7. The number of carbonyl (C=O) groups is 7. The first-order chi connectivity index (χ1) is 52.9. The van der Waals surface area contributed by atoms with E-state index in [0.29, 0.717) is 75.8 Å². The summed E-state index contributed by atoms with van der Waals surface area (Å²) in [5.74, 6) is -1.61. The van der Waals surface area contributed by atoms with Gasteiger partial charge in [-0.3, -0.25) is 38.5 Å². The number of Topliss-reactive ketones (excluding diaryl/α,β-unsaturated/α-hetero) is 4. The number of aromatic nitrogens is 4. The van der Waals surface area contributed by atoms with Crippen LogP contribution < -0.4 is 61.3 Å². The Morgan fingerprint density at radius 3 is 1.50 bits per heavy atom. The Bertz CT molecular complexity index is 5050. The molecule has 11 aromatic rings. The Hall–Kier alpha value is -10.3. The zero-order valence-electron chi connectivity index (χ0n) is 63.3. The Balaban J connectivity index is 0.000000654. The van der Waals surface area contributed by atoms with E-state index in [4.69, 9.17) is 54.7 Å². The number of carbonyl (C=O) groups excluding carboxylic acids is 6. The number of thioether (sulfide) groups is 1. The molecule has 0 spiro atoms. The number of aryl methyl sites for hydroxylation is 4. The predicted octanol–water partition coefficient (Wildman–Crippen LogP) is 10.4. The van der Waals surface area contributed by atoms with E-state index >= 15 is 0 Å². The van der Waals surface area contributed by atoms with Gasteiger partial charge in [0, 0.05) is 88.6 Å². The number of aromatic amines is 1. The number of carboxylic acids is 1. The van der Waals surface area contributed by atoms with Crippen LogP contribution in [0.15, 0.2) is 250 Å². The van der Waals surface area contributed by atoms with E-state index < -0.39 is 18.5 Å². The normalized spacial score (nSPS) is 9.44. The number of ketones is 4. The van der Waals surface area contributed by atoms with Crippen molar-refractivity contribution < 1.29 is 93.4 Å². The first kappa shape index (κ1) is 98.7. The van der Waals surface area contributed by atoms with E-state index in [1.165, 1.54) is 24.4 Å². The van der Waals surface area contributed by atoms with Gasteiger partial charge in [-0.05, 0) is 111 Å². The molecule has 7 N–H and O–H groups in total. The second kappa shape index (κ2) is 55.2. The zero-order valence-corrected chi connectivity index (χ0v) is 70.1. The van der Waals surface area contributed by atoms with Gasteiger partial charge in [0.25, 0.3) is 17.0 Å². The van der Waals surface area contributed by atoms with Gasteiger partial charge in [0.2, 0.25) is 0 Å². The number of fused-ring (bicyclic) bond motifs is 2. The number of halogens is 1. The molecule has 2 aromatic heterocycles. The molecular weight excluding hydrogens is 1570 g/mol. The summed E-state index contributed by atoms with van der Waals surface area (Å²) < 4.78 is 8.86. The summed E-state index contributed by atoms with van der Waals surface area (Å²) in [4.78, 5) is 116. The molecular formula is C82H86BrN8NaO15S4. The molecule has 576 valence electrons. The van der Waals surface area contributed by atoms with Crippen LogP contribution in [0.3, 0.4) is 0 Å². The number of hydrogen-bond donors (Lipinski definition) is 7. The van der Waals surface area contributed by atoms with Gasteiger partial charge < -0.3 is 54.9 Å². The average molecular weight is 1650 g/mol. The first-order valence-corrected chi connectivity index (χ1v) is 36.2. The molecule has 0 radical (unpaired) electrons. The quantitative estimate of drug-likeness (QED) is 0.00651. The molecule has 2 heterocycles. The van der Waals surface area contributed by atoms with Crippen molar-refractivity contribution in [3.63, 3.8) is 0 Å². The number of amides is 1. The van der Waals surface area contributed by atoms with Gasteiger partial charge >= 0.3 is 41.5 Å². The van der Waals surface area contributed by atoms with Crippen LogP contribution in [-0.4, -0.2) is 158 Å². The Morgan fingerprint density at radius 2 is 1.02 bits per heavy atom. The minimum atomic E-state index is -0.907. The maximum atomic E-state index is 12.3. The number of hydrogen-bond acceptors (Lipinski definition) is 21. The number of nitrogens with zero attached hydrogens (tertiary/aromatic N) is 5. The third-order valence-electron chi connectivity index (χ3n) is 14.9. The van der Waals surface area contributed by atoms with Crippen molar-refractivity contribution in [2.75, 3.05) is 82.8 Å². The Kier molecular flexibility index (Phi) is 49.1. The fourth-order valence-corrected chi connectivity index (χ4v) is 10.9. The van der Waals surface area contributed by atoms with Gasteiger partial charge in [-0.1, -0.05) is 209 Å². The largest absolute Gasteiger partial charge is 1.00 e. The van der Waals surface area contributed by atoms with Crippen LogP contribution >= 0.6 is 64.3 Å². The summed E-state index contributed by atoms with van der Waals surface area (Å²) in [5.41, 5.74) is 9.42. The van der Waals surface area contributed by atoms with Crippen molar-refractivity contribution in [3.8, 4) is 0 Å². The van der Waals surface area contributed by atoms with E-state index in [1.54, 1.807) is 146 Å². The summed E-state index contributed by atoms with van der Waals surface area (Å²) in [6.45, 7) is 3.54. The standard InChI is InChI=1S/C18H16N2O2S.C18H17NO3S.C9H9BrO.C9H8N2OS.C9H11NO2.C8H9NO2.C8H5NOS.2CH4O.CH3O.Na/c1-12-7-9-13(10-8-12)16(21)11-23-18-19-17(22)14-5-3-4-6-15(14)20(18)2;1-19(15-11-7-6-10-14(15)18(21)22-2)17(23)12-16(20)13-8-4-3-5-9-13;1-7-2-4-8(5-3-7)9(11)6-10;1-11-7-5-3-2-4-6(7)8(12)10-9(11)13;1-10-8-5-3-2-4-7(8)9(12)6-11;1-9-7-5-3-2-4-6(7)8(10)11;10-8(9-6-11)7-4-2-1-3-5-7;3*1-2;/h3-10H,11H2,1-2H3;3-11H,12H2,1-2H3;2-5H,6H2,1H3;2-5H,1H3,(H,10,12,13);2-5,10-11H,6H2,1H3;2-5,9H,1H3,(H,10,11);1-5H;2*2H,1H3;1H3;/q;;;;;;;;;-1;+1. The van der Waals surface area contributed by atoms with E-state index in [-0.39, 0.29) is 81.9 Å². The zero-order chi connectivity index (χ0) is 82.3. The fraction of sp³-hybridized carbons (Fsp3) is 0.183. The van der Waals surface area contributed by atoms with Gasteiger partial charge in [-0.2, -0.15) is 17.1 Å². The molecule has 111 heavy (non-hydrogen) atoms. The number of aliphatic imine (C=N–C) groups is 1. The SMILES string of the molecule is CNc1ccccc1C(=O)CO.CNc1ccccc1C(=O)O.CO.CO.COC(=O)c1ccccc1N(C)C(=S)CC(=O)c1ccccc1.C[O-].Cc1ccc(C(=O)CBr)cc1.Cc1ccc(C(=O)CSc2nc(=O)c3ccccc3n2C)cc1.Cn1c(=S)[nH]c(=O)c2ccccc21.O=C(N=C=S)c1ccccc1.[Na+]. The number of nitrogens with one attached hydrogen (secondary N) is 3. The molecule has 0 aliphatic carbocycles. The fourth-order valence-electron chi connectivity index (χ4n) is 9.26. The van der Waals surface area contributed by atoms with Crippen molar-refractivity contribution in [1.82, 2.24) is 19.1 Å². The number of aromatic carboxylic acids is 1. The van der Waals surface area contributed by atoms with Crippen LogP contribution in [0.25, 0.3) is 21.8 Å². The van der Waals surface area contributed by atoms with Crippen LogP contribution in [-0.2, 0) is 18.8 Å². The molecule has 1 amide bonds. The van der Waals surface area contributed by atoms with E-state index in [0.717, 1.165) is 49.2 Å². The second-order valence-corrected chi connectivity index (χ2v) is 24.4. The van der Waals surface area contributed by atoms with Crippen molar-refractivity contribution in [3.05, 3.63) is 306 Å². The number of esters is 1. The van der Waals surface area contributed by atoms with Crippen LogP contribution in [0.5, 0.6) is 0 Å². The van der Waals surface area contributed by atoms with E-state index in [2.05, 4.69) is 53.7 Å². The minimum absolute atomic E-state index is 0. The van der Waals surface area contributed by atoms with Crippen LogP contribution in [0.2, 0.25) is 0 Å². The van der Waals surface area contributed by atoms with Gasteiger partial charge in [-0.15, -0.1) is 0 Å². The van der Waals surface area contributed by atoms with Gasteiger partial charge in [0.1, 0.15) is 6.61 Å². The summed E-state index contributed by atoms with van der Waals surface area (Å²) >= 11 is 19.0. The average Bonchev–Trinajstić information content (AvgIpc) is 0.802. The Morgan fingerprint density at radius 1 is 0.595 bits per heavy atom. The topological polar surface area (TPSA) is 345 Å². The minimum Gasteiger partial charge on any atom is -0.857 e. The number of thiocarbonyl (C=S) groups is 2. The maximum Gasteiger partial charge on any atom is 1.00 e. The van der Waals surface area contributed by atoms with Crippen molar-refractivity contribution in [1.29, 1.82) is 0 Å². The summed E-state index contributed by atoms with van der Waals surface area (Å²) in [5, 5.41) is 49.4. The third-order valence-corrected chi connectivity index (χ3v) is 17.3. The van der Waals surface area contributed by atoms with Crippen LogP contribution in [0, 0.1) is 18.6 Å². The summed E-state index contributed by atoms with van der Waals surface area (Å²) in [7, 11) is 12.9. The van der Waals surface area contributed by atoms with Gasteiger partial charge in [-0.25, -0.2) is 9.59 Å². The smallest absolute Gasteiger partial charge is 0.857 e. The number of benzene rings is 9. The molecule has 0 aliphatic heterocycles. The molecule has 11 rings (SSSR count). The number of carboxylic acid groups (broad SMARTS) is 1. The molecule has 29 heteroatoms. The number of anilines is 3. The number of isothiocyanates is 1. The Labute approximate surface area is 694 Å². The molecule has 0 atom stereocenters. The van der Waals surface area contributed by atoms with Gasteiger partial charge in [0.05, 0.1) is 73.4 Å². The molecule has 23 nitrogen and oxygen atoms in total. The van der Waals surface area contributed by atoms with Crippen molar-refractivity contribution in [2.24, 2.45) is 19.1 Å². The summed E-state index contributed by atoms with van der Waals surface area (Å²) in [6.07, 6.45) is 0.103. The molecule has 0 saturated heterocycles. The van der Waals surface area contributed by atoms with Crippen LogP contribution in [0.1, 0.15) is 90.1 Å². The number of para-hydroxylation sites is 5. The second-order valence-electron chi connectivity index (χ2n) is 21.9. The molecule has 9 aromatic carbocycles. The van der Waals surface area contributed by atoms with E-state index in [1.807, 2.05) is 153 Å². The van der Waals surface area contributed by atoms with E-state index in [9.17, 15) is 43.2 Å². The molecule has 0 unspecified atom stereocenters. The van der Waals surface area contributed by atoms with Crippen molar-refractivity contribution >= 4 is 154 Å². The van der Waals surface area contributed by atoms with Crippen molar-refractivity contribution in [2.45, 2.75) is 25.4 Å². The molecule has 0 bridgehead atoms. The number of rotatable bonds is 17. The first-order valence-electron chi connectivity index (χ1n) is 32.9. The van der Waals surface area contributed by atoms with Gasteiger partial charge in [0.15, 0.2) is 33.1 Å². The number of alkyl halides is 1. The number of aliphatic hydroxyl groups excluding tert-OH is 3. The number of ether oxygens (including phenoxy) is 1. The molecule has 0 saturated carbocycles. The summed E-state index contributed by atoms with van der Waals surface area (Å²) in [6, 6.07) is 68.3. The number of H-pyrrole nitrogens is 1. The maximum absolute atomic E-state index is 12.3. The van der Waals surface area contributed by atoms with Crippen LogP contribution in [0.4, 0.5) is 17.1 Å². The number of aliphatic hydroxyl groups is 3. The molecule has 0 fully saturated rings. The monoisotopic (exact) mass is 1650 g/mol.